The number of anilines is 1. The predicted octanol–water partition coefficient (Wildman–Crippen LogP) is 6.51. The van der Waals surface area contributed by atoms with Crippen molar-refractivity contribution in [1.82, 2.24) is 9.78 Å². The number of ether oxygens (including phenoxy) is 1. The van der Waals surface area contributed by atoms with Crippen LogP contribution in [0.1, 0.15) is 22.3 Å². The number of aromatic hydroxyl groups is 1. The van der Waals surface area contributed by atoms with Crippen LogP contribution in [-0.4, -0.2) is 27.9 Å². The fraction of sp³-hybridized carbons (Fsp3) is 0.161. The lowest BCUT2D eigenvalue weighted by atomic mass is 9.98. The monoisotopic (exact) mass is 491 g/mol. The van der Waals surface area contributed by atoms with Crippen molar-refractivity contribution in [1.29, 1.82) is 0 Å². The van der Waals surface area contributed by atoms with Crippen LogP contribution >= 0.6 is 0 Å². The Morgan fingerprint density at radius 3 is 2.27 bits per heavy atom. The number of rotatable bonds is 6. The minimum atomic E-state index is -0.210. The summed E-state index contributed by atoms with van der Waals surface area (Å²) in [6.45, 7) is 5.93. The van der Waals surface area contributed by atoms with Gasteiger partial charge in [0.1, 0.15) is 17.2 Å². The Morgan fingerprint density at radius 1 is 0.919 bits per heavy atom. The van der Waals surface area contributed by atoms with E-state index in [1.807, 2.05) is 98.2 Å². The molecule has 4 aromatic carbocycles. The van der Waals surface area contributed by atoms with Crippen LogP contribution in [0.15, 0.2) is 78.9 Å². The molecular formula is C31H29N3O3. The first-order chi connectivity index (χ1) is 17.9. The Morgan fingerprint density at radius 2 is 1.59 bits per heavy atom. The first kappa shape index (κ1) is 24.1. The number of carbonyl (C=O) groups is 1. The van der Waals surface area contributed by atoms with E-state index in [4.69, 9.17) is 9.84 Å². The summed E-state index contributed by atoms with van der Waals surface area (Å²) in [4.78, 5) is 13.2. The molecule has 0 radical (unpaired) electrons. The number of aromatic nitrogens is 2. The van der Waals surface area contributed by atoms with E-state index in [0.717, 1.165) is 56.0 Å². The molecule has 0 saturated heterocycles. The van der Waals surface area contributed by atoms with Crippen molar-refractivity contribution >= 4 is 22.5 Å². The zero-order valence-electron chi connectivity index (χ0n) is 21.4. The maximum absolute atomic E-state index is 13.2. The fourth-order valence-corrected chi connectivity index (χ4v) is 4.72. The molecule has 186 valence electrons. The Hall–Kier alpha value is -4.58. The number of phenols is 1. The number of carbonyl (C=O) groups excluding carboxylic acids is 1. The molecule has 0 unspecified atom stereocenters. The fourth-order valence-electron chi connectivity index (χ4n) is 4.72. The highest BCUT2D eigenvalue weighted by Gasteiger charge is 2.24. The van der Waals surface area contributed by atoms with Gasteiger partial charge in [0.15, 0.2) is 0 Å². The molecule has 0 fully saturated rings. The van der Waals surface area contributed by atoms with Crippen LogP contribution in [0.4, 0.5) is 5.69 Å². The van der Waals surface area contributed by atoms with E-state index in [2.05, 4.69) is 5.32 Å². The highest BCUT2D eigenvalue weighted by atomic mass is 16.5. The smallest absolute Gasteiger partial charge is 0.229 e. The highest BCUT2D eigenvalue weighted by molar-refractivity contribution is 6.03. The third-order valence-electron chi connectivity index (χ3n) is 6.69. The Balaban J connectivity index is 1.71. The van der Waals surface area contributed by atoms with Gasteiger partial charge in [-0.1, -0.05) is 36.4 Å². The SMILES string of the molecule is COc1ccc(-c2nn(-c3ccccc3C)c3c(CC(=O)Nc4ccccc4C)c(O)cc(C)c23)cc1. The van der Waals surface area contributed by atoms with E-state index in [9.17, 15) is 9.90 Å². The highest BCUT2D eigenvalue weighted by Crippen LogP contribution is 2.39. The molecule has 0 aliphatic carbocycles. The van der Waals surface area contributed by atoms with E-state index in [1.165, 1.54) is 0 Å². The number of methoxy groups -OCH3 is 1. The summed E-state index contributed by atoms with van der Waals surface area (Å²) in [7, 11) is 1.64. The summed E-state index contributed by atoms with van der Waals surface area (Å²) in [5, 5.41) is 20.0. The number of fused-ring (bicyclic) bond motifs is 1. The van der Waals surface area contributed by atoms with Gasteiger partial charge < -0.3 is 15.2 Å². The van der Waals surface area contributed by atoms with Crippen molar-refractivity contribution < 1.29 is 14.6 Å². The standard InChI is InChI=1S/C31H29N3O3/c1-19-9-5-7-11-25(19)32-28(36)18-24-27(35)17-21(3)29-30(22-13-15-23(37-4)16-14-22)33-34(31(24)29)26-12-8-6-10-20(26)2/h5-17,35H,18H2,1-4H3,(H,32,36). The molecule has 0 atom stereocenters. The topological polar surface area (TPSA) is 76.4 Å². The van der Waals surface area contributed by atoms with Gasteiger partial charge >= 0.3 is 0 Å². The number of hydrogen-bond donors (Lipinski definition) is 2. The molecule has 6 nitrogen and oxygen atoms in total. The van der Waals surface area contributed by atoms with E-state index in [0.29, 0.717) is 5.56 Å². The van der Waals surface area contributed by atoms with Crippen molar-refractivity contribution in [2.75, 3.05) is 12.4 Å². The summed E-state index contributed by atoms with van der Waals surface area (Å²) < 4.78 is 7.19. The number of benzene rings is 4. The second-order valence-electron chi connectivity index (χ2n) is 9.23. The number of aryl methyl sites for hydroxylation is 3. The molecule has 1 amide bonds. The number of nitrogens with one attached hydrogen (secondary N) is 1. The van der Waals surface area contributed by atoms with Crippen LogP contribution in [0.2, 0.25) is 0 Å². The summed E-state index contributed by atoms with van der Waals surface area (Å²) in [5.74, 6) is 0.619. The van der Waals surface area contributed by atoms with E-state index >= 15 is 0 Å². The third-order valence-corrected chi connectivity index (χ3v) is 6.69. The van der Waals surface area contributed by atoms with Crippen LogP contribution in [-0.2, 0) is 11.2 Å². The number of phenolic OH excluding ortho intramolecular Hbond substituents is 1. The normalized spacial score (nSPS) is 11.0. The summed E-state index contributed by atoms with van der Waals surface area (Å²) in [6, 6.07) is 25.1. The van der Waals surface area contributed by atoms with Crippen LogP contribution < -0.4 is 10.1 Å². The van der Waals surface area contributed by atoms with Crippen molar-refractivity contribution in [2.45, 2.75) is 27.2 Å². The van der Waals surface area contributed by atoms with Crippen LogP contribution in [0.3, 0.4) is 0 Å². The molecule has 5 aromatic rings. The van der Waals surface area contributed by atoms with Crippen molar-refractivity contribution in [3.05, 3.63) is 101 Å². The van der Waals surface area contributed by atoms with Gasteiger partial charge in [-0.15, -0.1) is 0 Å². The summed E-state index contributed by atoms with van der Waals surface area (Å²) in [5.41, 5.74) is 7.46. The Labute approximate surface area is 216 Å². The molecule has 1 heterocycles. The molecule has 5 rings (SSSR count). The maximum Gasteiger partial charge on any atom is 0.229 e. The van der Waals surface area contributed by atoms with Gasteiger partial charge in [0, 0.05) is 22.2 Å². The van der Waals surface area contributed by atoms with E-state index in [1.54, 1.807) is 13.2 Å². The first-order valence-electron chi connectivity index (χ1n) is 12.2. The maximum atomic E-state index is 13.2. The lowest BCUT2D eigenvalue weighted by Crippen LogP contribution is -2.16. The van der Waals surface area contributed by atoms with Gasteiger partial charge in [-0.3, -0.25) is 4.79 Å². The van der Waals surface area contributed by atoms with Gasteiger partial charge in [-0.25, -0.2) is 4.68 Å². The molecule has 0 spiro atoms. The first-order valence-corrected chi connectivity index (χ1v) is 12.2. The van der Waals surface area contributed by atoms with Gasteiger partial charge in [0.05, 0.1) is 24.7 Å². The minimum absolute atomic E-state index is 0.00340. The van der Waals surface area contributed by atoms with Gasteiger partial charge in [-0.2, -0.15) is 5.10 Å². The quantitative estimate of drug-likeness (QED) is 0.284. The third kappa shape index (κ3) is 4.54. The van der Waals surface area contributed by atoms with E-state index in [-0.39, 0.29) is 18.1 Å². The van der Waals surface area contributed by atoms with E-state index < -0.39 is 0 Å². The molecule has 0 saturated carbocycles. The number of para-hydroxylation sites is 2. The Kier molecular flexibility index (Phi) is 6.40. The number of amides is 1. The summed E-state index contributed by atoms with van der Waals surface area (Å²) in [6.07, 6.45) is -0.00340. The molecule has 6 heteroatoms. The largest absolute Gasteiger partial charge is 0.508 e. The molecule has 0 aliphatic rings. The minimum Gasteiger partial charge on any atom is -0.508 e. The number of hydrogen-bond acceptors (Lipinski definition) is 4. The number of nitrogens with zero attached hydrogens (tertiary/aromatic N) is 2. The average molecular weight is 492 g/mol. The predicted molar refractivity (Wildman–Crippen MR) is 148 cm³/mol. The molecular weight excluding hydrogens is 462 g/mol. The van der Waals surface area contributed by atoms with Crippen LogP contribution in [0.25, 0.3) is 27.8 Å². The average Bonchev–Trinajstić information content (AvgIpc) is 3.29. The lowest BCUT2D eigenvalue weighted by Gasteiger charge is -2.14. The zero-order chi connectivity index (χ0) is 26.1. The Bertz CT molecular complexity index is 1620. The summed E-state index contributed by atoms with van der Waals surface area (Å²) >= 11 is 0. The molecule has 0 bridgehead atoms. The van der Waals surface area contributed by atoms with Crippen LogP contribution in [0.5, 0.6) is 11.5 Å². The second kappa shape index (κ2) is 9.82. The van der Waals surface area contributed by atoms with Crippen LogP contribution in [0, 0.1) is 20.8 Å². The molecule has 1 aromatic heterocycles. The van der Waals surface area contributed by atoms with Crippen molar-refractivity contribution in [3.8, 4) is 28.4 Å². The van der Waals surface area contributed by atoms with Gasteiger partial charge in [0.25, 0.3) is 0 Å². The van der Waals surface area contributed by atoms with Crippen molar-refractivity contribution in [3.63, 3.8) is 0 Å². The second-order valence-corrected chi connectivity index (χ2v) is 9.23. The molecule has 0 aliphatic heterocycles. The van der Waals surface area contributed by atoms with Crippen molar-refractivity contribution in [2.24, 2.45) is 0 Å². The molecule has 37 heavy (non-hydrogen) atoms. The molecule has 2 N–H and O–H groups in total. The van der Waals surface area contributed by atoms with Gasteiger partial charge in [-0.05, 0) is 79.9 Å². The van der Waals surface area contributed by atoms with Gasteiger partial charge in [0.2, 0.25) is 5.91 Å². The zero-order valence-corrected chi connectivity index (χ0v) is 21.4. The lowest BCUT2D eigenvalue weighted by molar-refractivity contribution is -0.115.